The number of nitrogens with zero attached hydrogens (tertiary/aromatic N) is 3. The molecule has 0 bridgehead atoms. The number of carbonyl (C=O) groups excluding carboxylic acids is 1. The summed E-state index contributed by atoms with van der Waals surface area (Å²) in [6.45, 7) is 0. The molecule has 0 spiro atoms. The third-order valence-corrected chi connectivity index (χ3v) is 3.99. The Morgan fingerprint density at radius 3 is 2.79 bits per heavy atom. The fraction of sp³-hybridized carbons (Fsp3) is 0.118. The Kier molecular flexibility index (Phi) is 3.19. The fourth-order valence-electron chi connectivity index (χ4n) is 2.94. The van der Waals surface area contributed by atoms with Crippen molar-refractivity contribution in [1.29, 1.82) is 0 Å². The maximum atomic E-state index is 12.1. The first-order valence-electron chi connectivity index (χ1n) is 7.43. The maximum absolute atomic E-state index is 12.1. The minimum absolute atomic E-state index is 0.252. The Hall–Kier alpha value is -3.35. The molecular weight excluding hydrogens is 306 g/mol. The second kappa shape index (κ2) is 5.38. The Morgan fingerprint density at radius 2 is 1.96 bits per heavy atom. The zero-order valence-electron chi connectivity index (χ0n) is 12.9. The summed E-state index contributed by atoms with van der Waals surface area (Å²) in [6, 6.07) is 14.9. The highest BCUT2D eigenvalue weighted by Gasteiger charge is 2.28. The topological polar surface area (TPSA) is 94.5 Å². The molecule has 1 atom stereocenters. The van der Waals surface area contributed by atoms with E-state index in [2.05, 4.69) is 15.3 Å². The number of hydrogen-bond acceptors (Lipinski definition) is 6. The number of rotatable bonds is 2. The summed E-state index contributed by atoms with van der Waals surface area (Å²) in [7, 11) is 1.36. The molecule has 7 heteroatoms. The zero-order valence-corrected chi connectivity index (χ0v) is 12.9. The van der Waals surface area contributed by atoms with Gasteiger partial charge in [0, 0.05) is 5.56 Å². The number of imidazole rings is 1. The predicted molar refractivity (Wildman–Crippen MR) is 90.9 cm³/mol. The Bertz CT molecular complexity index is 976. The van der Waals surface area contributed by atoms with E-state index in [1.54, 1.807) is 12.1 Å². The van der Waals surface area contributed by atoms with Crippen molar-refractivity contribution in [3.05, 3.63) is 59.7 Å². The molecule has 24 heavy (non-hydrogen) atoms. The van der Waals surface area contributed by atoms with Gasteiger partial charge in [-0.1, -0.05) is 30.3 Å². The molecule has 2 aromatic carbocycles. The normalized spacial score (nSPS) is 16.2. The van der Waals surface area contributed by atoms with Crippen molar-refractivity contribution in [1.82, 2.24) is 9.55 Å². The van der Waals surface area contributed by atoms with Crippen LogP contribution in [0.5, 0.6) is 0 Å². The van der Waals surface area contributed by atoms with E-state index < -0.39 is 12.1 Å². The van der Waals surface area contributed by atoms with Crippen LogP contribution in [0.1, 0.15) is 22.1 Å². The van der Waals surface area contributed by atoms with Crippen LogP contribution in [0.15, 0.2) is 53.5 Å². The molecule has 1 aliphatic rings. The number of anilines is 1. The molecule has 0 aliphatic carbocycles. The monoisotopic (exact) mass is 321 g/mol. The highest BCUT2D eigenvalue weighted by Crippen LogP contribution is 2.33. The summed E-state index contributed by atoms with van der Waals surface area (Å²) in [5.41, 5.74) is 8.81. The summed E-state index contributed by atoms with van der Waals surface area (Å²) in [4.78, 5) is 21.2. The number of esters is 1. The second-order valence-electron chi connectivity index (χ2n) is 5.39. The Labute approximate surface area is 137 Å². The lowest BCUT2D eigenvalue weighted by Crippen LogP contribution is -2.32. The summed E-state index contributed by atoms with van der Waals surface area (Å²) >= 11 is 0. The minimum atomic E-state index is -0.496. The number of methoxy groups -OCH3 is 1. The van der Waals surface area contributed by atoms with Gasteiger partial charge in [-0.2, -0.15) is 0 Å². The van der Waals surface area contributed by atoms with E-state index in [4.69, 9.17) is 10.5 Å². The lowest BCUT2D eigenvalue weighted by atomic mass is 10.0. The molecule has 120 valence electrons. The maximum Gasteiger partial charge on any atom is 0.338 e. The van der Waals surface area contributed by atoms with Gasteiger partial charge in [0.1, 0.15) is 0 Å². The second-order valence-corrected chi connectivity index (χ2v) is 5.39. The number of guanidine groups is 1. The number of nitrogens with two attached hydrogens (primary N) is 1. The average Bonchev–Trinajstić information content (AvgIpc) is 2.98. The molecular formula is C17H15N5O2. The van der Waals surface area contributed by atoms with Crippen molar-refractivity contribution in [3.63, 3.8) is 0 Å². The molecule has 1 aromatic heterocycles. The predicted octanol–water partition coefficient (Wildman–Crippen LogP) is 2.11. The van der Waals surface area contributed by atoms with Crippen LogP contribution >= 0.6 is 0 Å². The molecule has 0 amide bonds. The molecule has 0 radical (unpaired) electrons. The van der Waals surface area contributed by atoms with Crippen molar-refractivity contribution >= 4 is 28.9 Å². The molecule has 2 heterocycles. The van der Waals surface area contributed by atoms with Gasteiger partial charge in [0.15, 0.2) is 12.1 Å². The summed E-state index contributed by atoms with van der Waals surface area (Å²) in [6.07, 6.45) is -0.496. The van der Waals surface area contributed by atoms with Crippen LogP contribution in [0, 0.1) is 0 Å². The molecule has 7 nitrogen and oxygen atoms in total. The molecule has 0 saturated carbocycles. The third kappa shape index (κ3) is 2.10. The van der Waals surface area contributed by atoms with Crippen LogP contribution in [-0.2, 0) is 4.74 Å². The summed E-state index contributed by atoms with van der Waals surface area (Å²) < 4.78 is 6.82. The molecule has 3 aromatic rings. The van der Waals surface area contributed by atoms with E-state index in [0.29, 0.717) is 17.1 Å². The van der Waals surface area contributed by atoms with Gasteiger partial charge < -0.3 is 10.5 Å². The van der Waals surface area contributed by atoms with E-state index in [0.717, 1.165) is 11.0 Å². The van der Waals surface area contributed by atoms with Gasteiger partial charge in [-0.3, -0.25) is 9.88 Å². The van der Waals surface area contributed by atoms with Crippen LogP contribution in [0.3, 0.4) is 0 Å². The molecule has 0 fully saturated rings. The molecule has 3 N–H and O–H groups in total. The van der Waals surface area contributed by atoms with Gasteiger partial charge in [0.05, 0.1) is 23.7 Å². The fourth-order valence-corrected chi connectivity index (χ4v) is 2.94. The number of nitrogens with one attached hydrogen (secondary N) is 1. The zero-order chi connectivity index (χ0) is 16.7. The van der Waals surface area contributed by atoms with Gasteiger partial charge >= 0.3 is 5.97 Å². The number of para-hydroxylation sites is 2. The van der Waals surface area contributed by atoms with E-state index in [1.807, 2.05) is 41.0 Å². The first-order chi connectivity index (χ1) is 11.7. The highest BCUT2D eigenvalue weighted by atomic mass is 16.5. The summed E-state index contributed by atoms with van der Waals surface area (Å²) in [5.74, 6) is 0.430. The van der Waals surface area contributed by atoms with Crippen LogP contribution in [0.2, 0.25) is 0 Å². The van der Waals surface area contributed by atoms with Crippen LogP contribution < -0.4 is 11.1 Å². The van der Waals surface area contributed by atoms with Crippen LogP contribution in [0.25, 0.3) is 11.0 Å². The number of benzene rings is 2. The number of ether oxygens (including phenoxy) is 1. The van der Waals surface area contributed by atoms with Gasteiger partial charge in [0.2, 0.25) is 5.95 Å². The number of carbonyl (C=O) groups is 1. The van der Waals surface area contributed by atoms with Crippen molar-refractivity contribution in [3.8, 4) is 0 Å². The van der Waals surface area contributed by atoms with E-state index in [-0.39, 0.29) is 5.96 Å². The van der Waals surface area contributed by atoms with Crippen molar-refractivity contribution in [2.24, 2.45) is 10.7 Å². The van der Waals surface area contributed by atoms with Gasteiger partial charge in [-0.25, -0.2) is 14.8 Å². The van der Waals surface area contributed by atoms with Gasteiger partial charge in [0.25, 0.3) is 0 Å². The van der Waals surface area contributed by atoms with Crippen molar-refractivity contribution < 1.29 is 9.53 Å². The van der Waals surface area contributed by atoms with Crippen LogP contribution in [0.4, 0.5) is 5.95 Å². The summed E-state index contributed by atoms with van der Waals surface area (Å²) in [5, 5.41) is 2.98. The lowest BCUT2D eigenvalue weighted by Gasteiger charge is -2.25. The van der Waals surface area contributed by atoms with E-state index in [1.165, 1.54) is 7.11 Å². The largest absolute Gasteiger partial charge is 0.465 e. The molecule has 0 unspecified atom stereocenters. The Morgan fingerprint density at radius 1 is 1.21 bits per heavy atom. The average molecular weight is 321 g/mol. The smallest absolute Gasteiger partial charge is 0.338 e. The Balaban J connectivity index is 1.97. The van der Waals surface area contributed by atoms with Gasteiger partial charge in [-0.05, 0) is 18.2 Å². The molecule has 1 aliphatic heterocycles. The SMILES string of the molecule is COC(=O)c1ccccc1[C@@H]1N=C(N)Nc2nc3ccccc3n21. The molecule has 4 rings (SSSR count). The number of fused-ring (bicyclic) bond motifs is 3. The first-order valence-corrected chi connectivity index (χ1v) is 7.43. The van der Waals surface area contributed by atoms with E-state index in [9.17, 15) is 4.79 Å². The standard InChI is InChI=1S/C17H15N5O2/c1-24-15(23)11-7-3-2-6-10(11)14-20-16(18)21-17-19-12-8-4-5-9-13(12)22(14)17/h2-9,14H,1H3,(H3,18,19,20,21)/t14-/m1/s1. The lowest BCUT2D eigenvalue weighted by molar-refractivity contribution is 0.0598. The van der Waals surface area contributed by atoms with Crippen LogP contribution in [-0.4, -0.2) is 28.6 Å². The minimum Gasteiger partial charge on any atom is -0.465 e. The number of aromatic nitrogens is 2. The van der Waals surface area contributed by atoms with Gasteiger partial charge in [-0.15, -0.1) is 0 Å². The first kappa shape index (κ1) is 14.3. The third-order valence-electron chi connectivity index (χ3n) is 3.99. The molecule has 0 saturated heterocycles. The van der Waals surface area contributed by atoms with Crippen molar-refractivity contribution in [2.75, 3.05) is 12.4 Å². The number of hydrogen-bond donors (Lipinski definition) is 2. The highest BCUT2D eigenvalue weighted by molar-refractivity contribution is 5.96. The quantitative estimate of drug-likeness (QED) is 0.705. The van der Waals surface area contributed by atoms with Crippen molar-refractivity contribution in [2.45, 2.75) is 6.17 Å². The number of aliphatic imine (C=N–C) groups is 1. The van der Waals surface area contributed by atoms with E-state index >= 15 is 0 Å².